The Morgan fingerprint density at radius 2 is 2.10 bits per heavy atom. The smallest absolute Gasteiger partial charge is 0.227 e. The third-order valence-corrected chi connectivity index (χ3v) is 2.86. The maximum absolute atomic E-state index is 11.8. The first-order chi connectivity index (χ1) is 9.13. The molecule has 1 rings (SSSR count). The first-order valence-electron chi connectivity index (χ1n) is 6.42. The van der Waals surface area contributed by atoms with Crippen molar-refractivity contribution in [2.24, 2.45) is 0 Å². The van der Waals surface area contributed by atoms with Crippen LogP contribution in [0.1, 0.15) is 38.7 Å². The van der Waals surface area contributed by atoms with E-state index in [0.717, 1.165) is 0 Å². The average molecular weight is 283 g/mol. The summed E-state index contributed by atoms with van der Waals surface area (Å²) in [6, 6.07) is 1.20. The highest BCUT2D eigenvalue weighted by atomic mass is 16.4. The molecule has 0 fully saturated rings. The largest absolute Gasteiger partial charge is 0.502 e. The van der Waals surface area contributed by atoms with Gasteiger partial charge in [-0.15, -0.1) is 0 Å². The van der Waals surface area contributed by atoms with Crippen LogP contribution in [0.4, 0.5) is 0 Å². The Kier molecular flexibility index (Phi) is 4.94. The number of carbonyl (C=O) groups is 1. The number of rotatable bonds is 5. The highest BCUT2D eigenvalue weighted by Gasteiger charge is 2.31. The molecule has 0 radical (unpaired) electrons. The summed E-state index contributed by atoms with van der Waals surface area (Å²) in [5.41, 5.74) is -1.36. The van der Waals surface area contributed by atoms with Crippen LogP contribution in [-0.2, 0) is 10.2 Å². The van der Waals surface area contributed by atoms with Crippen LogP contribution in [-0.4, -0.2) is 28.8 Å². The van der Waals surface area contributed by atoms with Crippen LogP contribution in [0.2, 0.25) is 0 Å². The SMILES string of the molecule is Cc1cc(=O)c(O)c(C(C)(C)CC(=O)NC[C@@H](C)O)o1. The normalized spacial score (nSPS) is 13.1. The van der Waals surface area contributed by atoms with Crippen molar-refractivity contribution in [1.82, 2.24) is 5.32 Å². The van der Waals surface area contributed by atoms with E-state index in [1.807, 2.05) is 0 Å². The first kappa shape index (κ1) is 16.2. The molecule has 1 amide bonds. The molecule has 1 aromatic rings. The molecule has 0 bridgehead atoms. The van der Waals surface area contributed by atoms with Crippen LogP contribution >= 0.6 is 0 Å². The van der Waals surface area contributed by atoms with E-state index in [9.17, 15) is 14.7 Å². The van der Waals surface area contributed by atoms with Crippen molar-refractivity contribution in [3.8, 4) is 5.75 Å². The van der Waals surface area contributed by atoms with Gasteiger partial charge >= 0.3 is 0 Å². The number of aryl methyl sites for hydroxylation is 1. The fraction of sp³-hybridized carbons (Fsp3) is 0.571. The van der Waals surface area contributed by atoms with Gasteiger partial charge in [0.2, 0.25) is 17.1 Å². The van der Waals surface area contributed by atoms with Crippen molar-refractivity contribution < 1.29 is 19.4 Å². The molecule has 6 heteroatoms. The molecule has 0 aliphatic rings. The zero-order valence-electron chi connectivity index (χ0n) is 12.2. The molecule has 1 heterocycles. The molecule has 6 nitrogen and oxygen atoms in total. The second kappa shape index (κ2) is 6.09. The monoisotopic (exact) mass is 283 g/mol. The molecule has 20 heavy (non-hydrogen) atoms. The standard InChI is InChI=1S/C14H21NO5/c1-8(16)7-15-11(18)6-14(3,4)13-12(19)10(17)5-9(2)20-13/h5,8,16,19H,6-7H2,1-4H3,(H,15,18)/t8-/m1/s1. The predicted molar refractivity (Wildman–Crippen MR) is 73.7 cm³/mol. The fourth-order valence-corrected chi connectivity index (χ4v) is 1.87. The summed E-state index contributed by atoms with van der Waals surface area (Å²) in [6.07, 6.45) is -0.605. The van der Waals surface area contributed by atoms with Gasteiger partial charge < -0.3 is 19.9 Å². The molecule has 0 saturated heterocycles. The van der Waals surface area contributed by atoms with E-state index in [1.165, 1.54) is 6.07 Å². The van der Waals surface area contributed by atoms with Gasteiger partial charge in [0.05, 0.1) is 6.10 Å². The van der Waals surface area contributed by atoms with E-state index < -0.39 is 22.7 Å². The molecule has 0 aliphatic carbocycles. The van der Waals surface area contributed by atoms with Crippen molar-refractivity contribution in [2.45, 2.75) is 45.6 Å². The Morgan fingerprint density at radius 3 is 2.65 bits per heavy atom. The van der Waals surface area contributed by atoms with Crippen LogP contribution in [0, 0.1) is 6.92 Å². The Labute approximate surface area is 117 Å². The number of hydrogen-bond donors (Lipinski definition) is 3. The molecule has 1 aromatic heterocycles. The molecule has 0 saturated carbocycles. The van der Waals surface area contributed by atoms with E-state index in [0.29, 0.717) is 5.76 Å². The van der Waals surface area contributed by atoms with Gasteiger partial charge in [-0.05, 0) is 13.8 Å². The molecule has 3 N–H and O–H groups in total. The second-order valence-electron chi connectivity index (χ2n) is 5.61. The number of nitrogens with one attached hydrogen (secondary N) is 1. The molecule has 0 aromatic carbocycles. The molecular formula is C14H21NO5. The number of amides is 1. The van der Waals surface area contributed by atoms with Crippen molar-refractivity contribution in [2.75, 3.05) is 6.54 Å². The lowest BCUT2D eigenvalue weighted by Crippen LogP contribution is -2.35. The lowest BCUT2D eigenvalue weighted by molar-refractivity contribution is -0.122. The summed E-state index contributed by atoms with van der Waals surface area (Å²) in [6.45, 7) is 6.72. The Hall–Kier alpha value is -1.82. The highest BCUT2D eigenvalue weighted by Crippen LogP contribution is 2.32. The fourth-order valence-electron chi connectivity index (χ4n) is 1.87. The van der Waals surface area contributed by atoms with E-state index in [-0.39, 0.29) is 24.6 Å². The number of carbonyl (C=O) groups excluding carboxylic acids is 1. The van der Waals surface area contributed by atoms with Crippen LogP contribution in [0.3, 0.4) is 0 Å². The Morgan fingerprint density at radius 1 is 1.50 bits per heavy atom. The van der Waals surface area contributed by atoms with Gasteiger partial charge in [-0.2, -0.15) is 0 Å². The van der Waals surface area contributed by atoms with Crippen molar-refractivity contribution >= 4 is 5.91 Å². The van der Waals surface area contributed by atoms with Gasteiger partial charge in [0.25, 0.3) is 0 Å². The zero-order valence-corrected chi connectivity index (χ0v) is 12.2. The van der Waals surface area contributed by atoms with Gasteiger partial charge in [-0.25, -0.2) is 0 Å². The summed E-state index contributed by atoms with van der Waals surface area (Å²) < 4.78 is 5.40. The predicted octanol–water partition coefficient (Wildman–Crippen LogP) is 0.819. The van der Waals surface area contributed by atoms with Crippen LogP contribution < -0.4 is 10.7 Å². The summed E-state index contributed by atoms with van der Waals surface area (Å²) in [7, 11) is 0. The van der Waals surface area contributed by atoms with Gasteiger partial charge in [-0.1, -0.05) is 13.8 Å². The lowest BCUT2D eigenvalue weighted by atomic mass is 9.85. The maximum Gasteiger partial charge on any atom is 0.227 e. The minimum absolute atomic E-state index is 0.0275. The minimum Gasteiger partial charge on any atom is -0.502 e. The zero-order chi connectivity index (χ0) is 15.5. The second-order valence-corrected chi connectivity index (χ2v) is 5.61. The molecular weight excluding hydrogens is 262 g/mol. The third-order valence-electron chi connectivity index (χ3n) is 2.86. The van der Waals surface area contributed by atoms with Gasteiger partial charge in [0.15, 0.2) is 5.76 Å². The lowest BCUT2D eigenvalue weighted by Gasteiger charge is -2.23. The number of hydrogen-bond acceptors (Lipinski definition) is 5. The maximum atomic E-state index is 11.8. The van der Waals surface area contributed by atoms with E-state index in [4.69, 9.17) is 9.52 Å². The van der Waals surface area contributed by atoms with Crippen molar-refractivity contribution in [1.29, 1.82) is 0 Å². The summed E-state index contributed by atoms with van der Waals surface area (Å²) in [5, 5.41) is 21.5. The number of aromatic hydroxyl groups is 1. The number of aliphatic hydroxyl groups excluding tert-OH is 1. The van der Waals surface area contributed by atoms with Crippen LogP contribution in [0.25, 0.3) is 0 Å². The first-order valence-corrected chi connectivity index (χ1v) is 6.42. The third kappa shape index (κ3) is 4.09. The van der Waals surface area contributed by atoms with Gasteiger partial charge in [-0.3, -0.25) is 9.59 Å². The quantitative estimate of drug-likeness (QED) is 0.743. The van der Waals surface area contributed by atoms with Crippen LogP contribution in [0.15, 0.2) is 15.3 Å². The summed E-state index contributed by atoms with van der Waals surface area (Å²) in [5.74, 6) is -0.293. The minimum atomic E-state index is -0.835. The van der Waals surface area contributed by atoms with Crippen molar-refractivity contribution in [3.63, 3.8) is 0 Å². The molecule has 0 aliphatic heterocycles. The van der Waals surface area contributed by atoms with Crippen LogP contribution in [0.5, 0.6) is 5.75 Å². The highest BCUT2D eigenvalue weighted by molar-refractivity contribution is 5.77. The topological polar surface area (TPSA) is 99.8 Å². The Balaban J connectivity index is 2.94. The Bertz CT molecular complexity index is 545. The van der Waals surface area contributed by atoms with E-state index in [1.54, 1.807) is 27.7 Å². The van der Waals surface area contributed by atoms with Gasteiger partial charge in [0, 0.05) is 24.4 Å². The van der Waals surface area contributed by atoms with Crippen molar-refractivity contribution in [3.05, 3.63) is 27.8 Å². The summed E-state index contributed by atoms with van der Waals surface area (Å²) in [4.78, 5) is 23.4. The van der Waals surface area contributed by atoms with E-state index >= 15 is 0 Å². The molecule has 112 valence electrons. The molecule has 1 atom stereocenters. The average Bonchev–Trinajstić information content (AvgIpc) is 2.30. The summed E-state index contributed by atoms with van der Waals surface area (Å²) >= 11 is 0. The number of aliphatic hydroxyl groups is 1. The van der Waals surface area contributed by atoms with Gasteiger partial charge in [0.1, 0.15) is 5.76 Å². The molecule has 0 spiro atoms. The van der Waals surface area contributed by atoms with E-state index in [2.05, 4.69) is 5.32 Å². The molecule has 0 unspecified atom stereocenters.